The molecule has 0 saturated carbocycles. The first-order valence-corrected chi connectivity index (χ1v) is 7.58. The van der Waals surface area contributed by atoms with Gasteiger partial charge in [-0.25, -0.2) is 4.39 Å². The third kappa shape index (κ3) is 3.68. The van der Waals surface area contributed by atoms with Crippen LogP contribution >= 0.6 is 0 Å². The van der Waals surface area contributed by atoms with E-state index >= 15 is 0 Å². The maximum Gasteiger partial charge on any atom is 0.269 e. The van der Waals surface area contributed by atoms with Crippen molar-refractivity contribution < 1.29 is 14.1 Å². The Morgan fingerprint density at radius 3 is 2.88 bits per heavy atom. The van der Waals surface area contributed by atoms with Gasteiger partial charge in [-0.05, 0) is 30.2 Å². The summed E-state index contributed by atoms with van der Waals surface area (Å²) in [6, 6.07) is 10.7. The van der Waals surface area contributed by atoms with E-state index in [1.54, 1.807) is 24.3 Å². The average Bonchev–Trinajstić information content (AvgIpc) is 2.61. The summed E-state index contributed by atoms with van der Waals surface area (Å²) in [4.78, 5) is 14.6. The van der Waals surface area contributed by atoms with Crippen LogP contribution in [0.1, 0.15) is 17.5 Å². The molecule has 0 fully saturated rings. The lowest BCUT2D eigenvalue weighted by atomic mass is 10.1. The lowest BCUT2D eigenvalue weighted by Crippen LogP contribution is -2.30. The standard InChI is InChI=1S/C17H16FN3O3/c18-15-10-13(17-19-7-2-8-20-17)5-6-16(15)24-11-12-3-1-4-14(9-12)21(22)23/h1,3-6,9-10H,2,7-8,11H2,(H,19,20). The van der Waals surface area contributed by atoms with Gasteiger partial charge in [0.2, 0.25) is 0 Å². The van der Waals surface area contributed by atoms with Crippen molar-refractivity contribution in [2.45, 2.75) is 13.0 Å². The Bertz CT molecular complexity index is 792. The molecule has 1 N–H and O–H groups in total. The number of aliphatic imine (C=N–C) groups is 1. The first-order valence-electron chi connectivity index (χ1n) is 7.58. The van der Waals surface area contributed by atoms with E-state index in [2.05, 4.69) is 10.3 Å². The molecule has 24 heavy (non-hydrogen) atoms. The maximum atomic E-state index is 14.2. The van der Waals surface area contributed by atoms with Crippen molar-refractivity contribution in [1.82, 2.24) is 5.32 Å². The van der Waals surface area contributed by atoms with Crippen molar-refractivity contribution >= 4 is 11.5 Å². The zero-order valence-corrected chi connectivity index (χ0v) is 12.9. The molecule has 0 spiro atoms. The Balaban J connectivity index is 1.70. The molecule has 0 aliphatic carbocycles. The number of benzene rings is 2. The quantitative estimate of drug-likeness (QED) is 0.675. The summed E-state index contributed by atoms with van der Waals surface area (Å²) in [6.45, 7) is 1.61. The molecule has 0 unspecified atom stereocenters. The molecule has 7 heteroatoms. The summed E-state index contributed by atoms with van der Waals surface area (Å²) >= 11 is 0. The number of hydrogen-bond donors (Lipinski definition) is 1. The SMILES string of the molecule is O=[N+]([O-])c1cccc(COc2ccc(C3=NCCCN3)cc2F)c1. The fourth-order valence-electron chi connectivity index (χ4n) is 2.41. The van der Waals surface area contributed by atoms with Crippen molar-refractivity contribution in [3.63, 3.8) is 0 Å². The summed E-state index contributed by atoms with van der Waals surface area (Å²) in [5.74, 6) is 0.292. The van der Waals surface area contributed by atoms with Gasteiger partial charge in [0.05, 0.1) is 4.92 Å². The summed E-state index contributed by atoms with van der Waals surface area (Å²) in [6.07, 6.45) is 0.969. The highest BCUT2D eigenvalue weighted by molar-refractivity contribution is 5.99. The third-order valence-corrected chi connectivity index (χ3v) is 3.62. The Labute approximate surface area is 138 Å². The predicted octanol–water partition coefficient (Wildman–Crippen LogP) is 3.05. The normalized spacial score (nSPS) is 13.8. The molecule has 0 radical (unpaired) electrons. The van der Waals surface area contributed by atoms with Crippen LogP contribution in [0.15, 0.2) is 47.5 Å². The summed E-state index contributed by atoms with van der Waals surface area (Å²) < 4.78 is 19.6. The summed E-state index contributed by atoms with van der Waals surface area (Å²) in [5.41, 5.74) is 1.26. The summed E-state index contributed by atoms with van der Waals surface area (Å²) in [5, 5.41) is 13.9. The first kappa shape index (κ1) is 15.9. The smallest absolute Gasteiger partial charge is 0.269 e. The van der Waals surface area contributed by atoms with Crippen LogP contribution in [0.5, 0.6) is 5.75 Å². The van der Waals surface area contributed by atoms with Gasteiger partial charge in [-0.2, -0.15) is 0 Å². The second-order valence-corrected chi connectivity index (χ2v) is 5.37. The Kier molecular flexibility index (Phi) is 4.69. The second kappa shape index (κ2) is 7.08. The molecule has 1 aliphatic heterocycles. The molecule has 1 heterocycles. The fourth-order valence-corrected chi connectivity index (χ4v) is 2.41. The molecule has 0 aromatic heterocycles. The van der Waals surface area contributed by atoms with Crippen LogP contribution in [0.25, 0.3) is 0 Å². The number of nitrogens with zero attached hydrogens (tertiary/aromatic N) is 2. The van der Waals surface area contributed by atoms with Gasteiger partial charge >= 0.3 is 0 Å². The number of nitro benzene ring substituents is 1. The van der Waals surface area contributed by atoms with Crippen LogP contribution in [0.4, 0.5) is 10.1 Å². The lowest BCUT2D eigenvalue weighted by molar-refractivity contribution is -0.384. The van der Waals surface area contributed by atoms with E-state index in [-0.39, 0.29) is 18.0 Å². The van der Waals surface area contributed by atoms with E-state index < -0.39 is 10.7 Å². The molecule has 3 rings (SSSR count). The number of ether oxygens (including phenoxy) is 1. The Morgan fingerprint density at radius 1 is 1.29 bits per heavy atom. The molecule has 0 amide bonds. The number of hydrogen-bond acceptors (Lipinski definition) is 5. The van der Waals surface area contributed by atoms with Gasteiger partial charge < -0.3 is 10.1 Å². The van der Waals surface area contributed by atoms with E-state index in [4.69, 9.17) is 4.74 Å². The van der Waals surface area contributed by atoms with Crippen LogP contribution in [0.3, 0.4) is 0 Å². The monoisotopic (exact) mass is 329 g/mol. The summed E-state index contributed by atoms with van der Waals surface area (Å²) in [7, 11) is 0. The van der Waals surface area contributed by atoms with Crippen molar-refractivity contribution in [2.75, 3.05) is 13.1 Å². The van der Waals surface area contributed by atoms with Crippen molar-refractivity contribution in [1.29, 1.82) is 0 Å². The van der Waals surface area contributed by atoms with Crippen molar-refractivity contribution in [2.24, 2.45) is 4.99 Å². The molecule has 1 aliphatic rings. The highest BCUT2D eigenvalue weighted by atomic mass is 19.1. The molecule has 0 saturated heterocycles. The van der Waals surface area contributed by atoms with Crippen molar-refractivity contribution in [3.8, 4) is 5.75 Å². The first-order chi connectivity index (χ1) is 11.6. The van der Waals surface area contributed by atoms with Gasteiger partial charge in [0, 0.05) is 30.8 Å². The minimum atomic E-state index is -0.493. The predicted molar refractivity (Wildman–Crippen MR) is 87.9 cm³/mol. The number of non-ortho nitro benzene ring substituents is 1. The lowest BCUT2D eigenvalue weighted by Gasteiger charge is -2.15. The number of rotatable bonds is 5. The topological polar surface area (TPSA) is 76.8 Å². The second-order valence-electron chi connectivity index (χ2n) is 5.37. The third-order valence-electron chi connectivity index (χ3n) is 3.62. The fraction of sp³-hybridized carbons (Fsp3) is 0.235. The molecule has 0 bridgehead atoms. The number of nitrogens with one attached hydrogen (secondary N) is 1. The van der Waals surface area contributed by atoms with Gasteiger partial charge in [-0.3, -0.25) is 15.1 Å². The maximum absolute atomic E-state index is 14.2. The minimum Gasteiger partial charge on any atom is -0.486 e. The Morgan fingerprint density at radius 2 is 2.17 bits per heavy atom. The largest absolute Gasteiger partial charge is 0.486 e. The van der Waals surface area contributed by atoms with Gasteiger partial charge in [0.25, 0.3) is 5.69 Å². The minimum absolute atomic E-state index is 0.0201. The molecule has 6 nitrogen and oxygen atoms in total. The van der Waals surface area contributed by atoms with Gasteiger partial charge in [0.15, 0.2) is 11.6 Å². The Hall–Kier alpha value is -2.96. The van der Waals surface area contributed by atoms with Crippen LogP contribution in [-0.2, 0) is 6.61 Å². The number of nitro groups is 1. The highest BCUT2D eigenvalue weighted by Gasteiger charge is 2.12. The molecular weight excluding hydrogens is 313 g/mol. The molecule has 2 aromatic carbocycles. The van der Waals surface area contributed by atoms with Gasteiger partial charge in [-0.1, -0.05) is 12.1 Å². The van der Waals surface area contributed by atoms with Crippen LogP contribution in [0.2, 0.25) is 0 Å². The molecule has 124 valence electrons. The zero-order chi connectivity index (χ0) is 16.9. The van der Waals surface area contributed by atoms with Crippen LogP contribution < -0.4 is 10.1 Å². The number of halogens is 1. The van der Waals surface area contributed by atoms with E-state index in [0.29, 0.717) is 17.0 Å². The molecule has 2 aromatic rings. The molecular formula is C17H16FN3O3. The zero-order valence-electron chi connectivity index (χ0n) is 12.9. The van der Waals surface area contributed by atoms with E-state index in [0.717, 1.165) is 19.5 Å². The molecule has 0 atom stereocenters. The highest BCUT2D eigenvalue weighted by Crippen LogP contribution is 2.21. The van der Waals surface area contributed by atoms with Gasteiger partial charge in [-0.15, -0.1) is 0 Å². The average molecular weight is 329 g/mol. The van der Waals surface area contributed by atoms with E-state index in [9.17, 15) is 14.5 Å². The van der Waals surface area contributed by atoms with E-state index in [1.807, 2.05) is 0 Å². The van der Waals surface area contributed by atoms with Crippen LogP contribution in [0, 0.1) is 15.9 Å². The number of amidine groups is 1. The van der Waals surface area contributed by atoms with Crippen molar-refractivity contribution in [3.05, 3.63) is 69.5 Å². The van der Waals surface area contributed by atoms with E-state index in [1.165, 1.54) is 18.2 Å². The van der Waals surface area contributed by atoms with Crippen LogP contribution in [-0.4, -0.2) is 23.8 Å². The van der Waals surface area contributed by atoms with Gasteiger partial charge in [0.1, 0.15) is 12.4 Å².